The van der Waals surface area contributed by atoms with Crippen LogP contribution in [0.5, 0.6) is 0 Å². The number of nitrogens with two attached hydrogens (primary N) is 1. The quantitative estimate of drug-likeness (QED) is 0.397. The van der Waals surface area contributed by atoms with Crippen LogP contribution in [0.25, 0.3) is 0 Å². The van der Waals surface area contributed by atoms with Crippen molar-refractivity contribution in [3.63, 3.8) is 0 Å². The Morgan fingerprint density at radius 3 is 2.63 bits per heavy atom. The molecule has 4 N–H and O–H groups in total. The Bertz CT molecular complexity index is 575. The summed E-state index contributed by atoms with van der Waals surface area (Å²) in [6.45, 7) is 0.167. The smallest absolute Gasteiger partial charge is 0.243 e. The van der Waals surface area contributed by atoms with Crippen LogP contribution in [0, 0.1) is 11.6 Å². The molecular weight excluding hydrogens is 278 g/mol. The Morgan fingerprint density at radius 2 is 2.05 bits per heavy atom. The molecule has 0 aliphatic carbocycles. The zero-order valence-electron chi connectivity index (χ0n) is 10.2. The second-order valence-electron chi connectivity index (χ2n) is 3.51. The van der Waals surface area contributed by atoms with Crippen LogP contribution in [0.15, 0.2) is 28.1 Å². The van der Waals surface area contributed by atoms with Crippen molar-refractivity contribution in [1.82, 2.24) is 10.0 Å². The van der Waals surface area contributed by atoms with E-state index in [1.807, 2.05) is 0 Å². The maximum atomic E-state index is 13.3. The lowest BCUT2D eigenvalue weighted by molar-refractivity contribution is 0.543. The Kier molecular flexibility index (Phi) is 5.19. The molecule has 0 heterocycles. The van der Waals surface area contributed by atoms with Gasteiger partial charge in [0.2, 0.25) is 10.0 Å². The zero-order valence-corrected chi connectivity index (χ0v) is 11.0. The van der Waals surface area contributed by atoms with Crippen LogP contribution in [0.1, 0.15) is 0 Å². The highest BCUT2D eigenvalue weighted by atomic mass is 32.2. The van der Waals surface area contributed by atoms with Gasteiger partial charge in [0.25, 0.3) is 0 Å². The highest BCUT2D eigenvalue weighted by Crippen LogP contribution is 2.14. The van der Waals surface area contributed by atoms with Crippen molar-refractivity contribution < 1.29 is 17.2 Å². The van der Waals surface area contributed by atoms with Gasteiger partial charge >= 0.3 is 0 Å². The molecule has 0 aliphatic rings. The maximum absolute atomic E-state index is 13.3. The molecule has 0 atom stereocenters. The maximum Gasteiger partial charge on any atom is 0.243 e. The summed E-state index contributed by atoms with van der Waals surface area (Å²) < 4.78 is 51.6. The molecule has 19 heavy (non-hydrogen) atoms. The van der Waals surface area contributed by atoms with E-state index in [0.29, 0.717) is 6.07 Å². The molecule has 9 heteroatoms. The Morgan fingerprint density at radius 1 is 1.37 bits per heavy atom. The fraction of sp³-hybridized carbons (Fsp3) is 0.300. The van der Waals surface area contributed by atoms with Gasteiger partial charge in [-0.3, -0.25) is 4.99 Å². The minimum absolute atomic E-state index is 0.0185. The molecule has 6 nitrogen and oxygen atoms in total. The summed E-state index contributed by atoms with van der Waals surface area (Å²) in [6.07, 6.45) is 0. The molecule has 1 aromatic carbocycles. The van der Waals surface area contributed by atoms with Crippen LogP contribution in [-0.2, 0) is 10.0 Å². The van der Waals surface area contributed by atoms with Gasteiger partial charge in [0.15, 0.2) is 5.96 Å². The second kappa shape index (κ2) is 6.43. The largest absolute Gasteiger partial charge is 0.370 e. The minimum atomic E-state index is -4.02. The standard InChI is InChI=1S/C10H14F2N4O2S/c1-14-10(13)15-4-5-16-19(17,18)9-3-2-7(11)6-8(9)12/h2-3,6,16H,4-5H2,1H3,(H3,13,14,15). The van der Waals surface area contributed by atoms with E-state index in [9.17, 15) is 17.2 Å². The highest BCUT2D eigenvalue weighted by Gasteiger charge is 2.18. The molecule has 0 spiro atoms. The molecule has 0 aliphatic heterocycles. The van der Waals surface area contributed by atoms with E-state index in [-0.39, 0.29) is 19.0 Å². The summed E-state index contributed by atoms with van der Waals surface area (Å²) in [7, 11) is -2.55. The predicted octanol–water partition coefficient (Wildman–Crippen LogP) is -0.223. The number of nitrogens with zero attached hydrogens (tertiary/aromatic N) is 1. The molecule has 0 saturated heterocycles. The van der Waals surface area contributed by atoms with Crippen molar-refractivity contribution >= 4 is 16.0 Å². The van der Waals surface area contributed by atoms with Gasteiger partial charge in [-0.05, 0) is 12.1 Å². The van der Waals surface area contributed by atoms with E-state index in [4.69, 9.17) is 5.73 Å². The van der Waals surface area contributed by atoms with Crippen LogP contribution in [0.2, 0.25) is 0 Å². The third-order valence-corrected chi connectivity index (χ3v) is 3.64. The van der Waals surface area contributed by atoms with Crippen molar-refractivity contribution in [3.8, 4) is 0 Å². The molecule has 0 amide bonds. The van der Waals surface area contributed by atoms with Crippen LogP contribution >= 0.6 is 0 Å². The fourth-order valence-electron chi connectivity index (χ4n) is 1.23. The summed E-state index contributed by atoms with van der Waals surface area (Å²) in [6, 6.07) is 2.24. The summed E-state index contributed by atoms with van der Waals surface area (Å²) in [5.41, 5.74) is 5.33. The number of hydrogen-bond donors (Lipinski definition) is 3. The van der Waals surface area contributed by atoms with Gasteiger partial charge in [-0.1, -0.05) is 0 Å². The number of guanidine groups is 1. The summed E-state index contributed by atoms with van der Waals surface area (Å²) in [4.78, 5) is 3.00. The van der Waals surface area contributed by atoms with Crippen molar-refractivity contribution in [3.05, 3.63) is 29.8 Å². The van der Waals surface area contributed by atoms with E-state index < -0.39 is 26.6 Å². The second-order valence-corrected chi connectivity index (χ2v) is 5.24. The van der Waals surface area contributed by atoms with E-state index in [0.717, 1.165) is 12.1 Å². The van der Waals surface area contributed by atoms with Crippen LogP contribution in [-0.4, -0.2) is 34.5 Å². The lowest BCUT2D eigenvalue weighted by Crippen LogP contribution is -2.38. The fourth-order valence-corrected chi connectivity index (χ4v) is 2.32. The van der Waals surface area contributed by atoms with Gasteiger partial charge in [0.1, 0.15) is 16.5 Å². The SMILES string of the molecule is CN=C(N)NCCNS(=O)(=O)c1ccc(F)cc1F. The normalized spacial score (nSPS) is 12.5. The Balaban J connectivity index is 2.66. The first kappa shape index (κ1) is 15.3. The third-order valence-electron chi connectivity index (χ3n) is 2.15. The number of hydrogen-bond acceptors (Lipinski definition) is 3. The van der Waals surface area contributed by atoms with Crippen LogP contribution in [0.4, 0.5) is 8.78 Å². The van der Waals surface area contributed by atoms with Gasteiger partial charge < -0.3 is 11.1 Å². The number of nitrogens with one attached hydrogen (secondary N) is 2. The van der Waals surface area contributed by atoms with Crippen molar-refractivity contribution in [2.75, 3.05) is 20.1 Å². The van der Waals surface area contributed by atoms with Crippen LogP contribution in [0.3, 0.4) is 0 Å². The third kappa shape index (κ3) is 4.45. The predicted molar refractivity (Wildman–Crippen MR) is 67.1 cm³/mol. The van der Waals surface area contributed by atoms with Crippen molar-refractivity contribution in [2.24, 2.45) is 10.7 Å². The Hall–Kier alpha value is -1.74. The number of aliphatic imine (C=N–C) groups is 1. The number of sulfonamides is 1. The van der Waals surface area contributed by atoms with Crippen molar-refractivity contribution in [1.29, 1.82) is 0 Å². The molecule has 0 saturated carbocycles. The first-order chi connectivity index (χ1) is 8.86. The average Bonchev–Trinajstić information content (AvgIpc) is 2.33. The molecule has 106 valence electrons. The monoisotopic (exact) mass is 292 g/mol. The van der Waals surface area contributed by atoms with Crippen LogP contribution < -0.4 is 15.8 Å². The lowest BCUT2D eigenvalue weighted by Gasteiger charge is -2.08. The Labute approximate surface area is 109 Å². The van der Waals surface area contributed by atoms with E-state index in [1.165, 1.54) is 7.05 Å². The zero-order chi connectivity index (χ0) is 14.5. The van der Waals surface area contributed by atoms with Gasteiger partial charge in [-0.2, -0.15) is 0 Å². The first-order valence-corrected chi connectivity index (χ1v) is 6.76. The average molecular weight is 292 g/mol. The first-order valence-electron chi connectivity index (χ1n) is 5.27. The molecule has 1 rings (SSSR count). The minimum Gasteiger partial charge on any atom is -0.370 e. The van der Waals surface area contributed by atoms with Gasteiger partial charge in [0, 0.05) is 26.2 Å². The van der Waals surface area contributed by atoms with Gasteiger partial charge in [0.05, 0.1) is 0 Å². The van der Waals surface area contributed by atoms with Gasteiger partial charge in [-0.15, -0.1) is 0 Å². The number of rotatable bonds is 5. The summed E-state index contributed by atoms with van der Waals surface area (Å²) >= 11 is 0. The molecule has 0 fully saturated rings. The number of benzene rings is 1. The van der Waals surface area contributed by atoms with Gasteiger partial charge in [-0.25, -0.2) is 21.9 Å². The highest BCUT2D eigenvalue weighted by molar-refractivity contribution is 7.89. The summed E-state index contributed by atoms with van der Waals surface area (Å²) in [5, 5.41) is 2.63. The van der Waals surface area contributed by atoms with E-state index in [2.05, 4.69) is 15.0 Å². The molecular formula is C10H14F2N4O2S. The number of halogens is 2. The van der Waals surface area contributed by atoms with E-state index in [1.54, 1.807) is 0 Å². The molecule has 0 bridgehead atoms. The summed E-state index contributed by atoms with van der Waals surface area (Å²) in [5.74, 6) is -1.83. The topological polar surface area (TPSA) is 96.6 Å². The molecule has 0 aromatic heterocycles. The molecule has 0 unspecified atom stereocenters. The lowest BCUT2D eigenvalue weighted by atomic mass is 10.3. The molecule has 1 aromatic rings. The molecule has 0 radical (unpaired) electrons. The van der Waals surface area contributed by atoms with E-state index >= 15 is 0 Å². The van der Waals surface area contributed by atoms with Crippen molar-refractivity contribution in [2.45, 2.75) is 4.90 Å².